The molecular formula is C17H26N4. The summed E-state index contributed by atoms with van der Waals surface area (Å²) in [6.07, 6.45) is 1.07. The second-order valence-electron chi connectivity index (χ2n) is 5.76. The van der Waals surface area contributed by atoms with Gasteiger partial charge in [-0.25, -0.2) is 0 Å². The van der Waals surface area contributed by atoms with Crippen LogP contribution in [-0.2, 0) is 0 Å². The highest BCUT2D eigenvalue weighted by Gasteiger charge is 2.19. The average molecular weight is 286 g/mol. The van der Waals surface area contributed by atoms with Gasteiger partial charge in [-0.15, -0.1) is 0 Å². The van der Waals surface area contributed by atoms with E-state index in [9.17, 15) is 5.26 Å². The predicted octanol–water partition coefficient (Wildman–Crippen LogP) is 2.01. The van der Waals surface area contributed by atoms with Crippen LogP contribution in [0.1, 0.15) is 18.9 Å². The van der Waals surface area contributed by atoms with Crippen LogP contribution in [0.3, 0.4) is 0 Å². The van der Waals surface area contributed by atoms with Gasteiger partial charge in [-0.1, -0.05) is 19.1 Å². The van der Waals surface area contributed by atoms with Gasteiger partial charge in [0.1, 0.15) is 6.04 Å². The number of nitriles is 1. The van der Waals surface area contributed by atoms with Crippen LogP contribution in [0.2, 0.25) is 0 Å². The zero-order valence-corrected chi connectivity index (χ0v) is 13.2. The molecule has 1 aromatic carbocycles. The van der Waals surface area contributed by atoms with E-state index in [-0.39, 0.29) is 6.04 Å². The Morgan fingerprint density at radius 1 is 1.29 bits per heavy atom. The molecular weight excluding hydrogens is 260 g/mol. The van der Waals surface area contributed by atoms with Crippen molar-refractivity contribution in [3.63, 3.8) is 0 Å². The minimum Gasteiger partial charge on any atom is -0.369 e. The van der Waals surface area contributed by atoms with Crippen LogP contribution < -0.4 is 10.2 Å². The Morgan fingerprint density at radius 3 is 2.67 bits per heavy atom. The summed E-state index contributed by atoms with van der Waals surface area (Å²) in [5.74, 6) is 0. The maximum Gasteiger partial charge on any atom is 0.108 e. The van der Waals surface area contributed by atoms with Crippen LogP contribution in [0.15, 0.2) is 24.3 Å². The van der Waals surface area contributed by atoms with Crippen molar-refractivity contribution in [3.8, 4) is 6.07 Å². The molecule has 114 valence electrons. The lowest BCUT2D eigenvalue weighted by atomic mass is 10.2. The summed E-state index contributed by atoms with van der Waals surface area (Å²) in [5.41, 5.74) is 2.62. The van der Waals surface area contributed by atoms with Gasteiger partial charge in [0.05, 0.1) is 6.07 Å². The van der Waals surface area contributed by atoms with E-state index in [0.29, 0.717) is 0 Å². The number of rotatable bonds is 6. The highest BCUT2D eigenvalue weighted by molar-refractivity contribution is 5.48. The third kappa shape index (κ3) is 4.73. The quantitative estimate of drug-likeness (QED) is 0.868. The monoisotopic (exact) mass is 286 g/mol. The maximum atomic E-state index is 9.19. The van der Waals surface area contributed by atoms with E-state index in [1.807, 2.05) is 0 Å². The van der Waals surface area contributed by atoms with Crippen LogP contribution in [-0.4, -0.2) is 50.2 Å². The third-order valence-corrected chi connectivity index (χ3v) is 3.98. The standard InChI is InChI=1S/C17H26N4/c1-3-7-19-16(13-18)14-20-8-10-21(11-9-20)17-6-4-5-15(2)12-17/h4-6,12,16,19H,3,7-11,14H2,1-2H3. The molecule has 0 saturated carbocycles. The van der Waals surface area contributed by atoms with Crippen molar-refractivity contribution in [2.75, 3.05) is 44.2 Å². The summed E-state index contributed by atoms with van der Waals surface area (Å²) < 4.78 is 0. The normalized spacial score (nSPS) is 17.5. The van der Waals surface area contributed by atoms with Gasteiger partial charge in [0.25, 0.3) is 0 Å². The molecule has 1 aromatic rings. The van der Waals surface area contributed by atoms with E-state index in [0.717, 1.165) is 45.7 Å². The number of hydrogen-bond acceptors (Lipinski definition) is 4. The Hall–Kier alpha value is -1.57. The van der Waals surface area contributed by atoms with Gasteiger partial charge in [0.15, 0.2) is 0 Å². The fourth-order valence-electron chi connectivity index (χ4n) is 2.74. The number of hydrogen-bond donors (Lipinski definition) is 1. The van der Waals surface area contributed by atoms with Crippen molar-refractivity contribution in [2.24, 2.45) is 0 Å². The molecule has 1 unspecified atom stereocenters. The van der Waals surface area contributed by atoms with E-state index < -0.39 is 0 Å². The van der Waals surface area contributed by atoms with Crippen molar-refractivity contribution in [1.82, 2.24) is 10.2 Å². The lowest BCUT2D eigenvalue weighted by Gasteiger charge is -2.37. The average Bonchev–Trinajstić information content (AvgIpc) is 2.52. The molecule has 21 heavy (non-hydrogen) atoms. The molecule has 4 heteroatoms. The highest BCUT2D eigenvalue weighted by atomic mass is 15.3. The van der Waals surface area contributed by atoms with E-state index in [2.05, 4.69) is 59.3 Å². The van der Waals surface area contributed by atoms with Crippen LogP contribution in [0.5, 0.6) is 0 Å². The number of aryl methyl sites for hydroxylation is 1. The SMILES string of the molecule is CCCNC(C#N)CN1CCN(c2cccc(C)c2)CC1. The summed E-state index contributed by atoms with van der Waals surface area (Å²) in [6, 6.07) is 11.0. The van der Waals surface area contributed by atoms with Crippen molar-refractivity contribution in [3.05, 3.63) is 29.8 Å². The first-order valence-electron chi connectivity index (χ1n) is 7.90. The van der Waals surface area contributed by atoms with Crippen LogP contribution in [0, 0.1) is 18.3 Å². The summed E-state index contributed by atoms with van der Waals surface area (Å²) in [6.45, 7) is 10.1. The Balaban J connectivity index is 1.81. The zero-order valence-electron chi connectivity index (χ0n) is 13.2. The van der Waals surface area contributed by atoms with E-state index in [1.165, 1.54) is 11.3 Å². The smallest absolute Gasteiger partial charge is 0.108 e. The minimum absolute atomic E-state index is 0.0459. The fraction of sp³-hybridized carbons (Fsp3) is 0.588. The molecule has 0 spiro atoms. The number of anilines is 1. The molecule has 1 atom stereocenters. The molecule has 0 aliphatic carbocycles. The Kier molecular flexibility index (Phi) is 6.04. The summed E-state index contributed by atoms with van der Waals surface area (Å²) in [4.78, 5) is 4.83. The molecule has 0 amide bonds. The molecule has 1 heterocycles. The topological polar surface area (TPSA) is 42.3 Å². The lowest BCUT2D eigenvalue weighted by molar-refractivity contribution is 0.243. The van der Waals surface area contributed by atoms with E-state index >= 15 is 0 Å². The van der Waals surface area contributed by atoms with E-state index in [1.54, 1.807) is 0 Å². The molecule has 1 saturated heterocycles. The Labute approximate surface area is 128 Å². The summed E-state index contributed by atoms with van der Waals surface area (Å²) >= 11 is 0. The molecule has 0 aromatic heterocycles. The van der Waals surface area contributed by atoms with Crippen molar-refractivity contribution >= 4 is 5.69 Å². The van der Waals surface area contributed by atoms with E-state index in [4.69, 9.17) is 0 Å². The van der Waals surface area contributed by atoms with Gasteiger partial charge >= 0.3 is 0 Å². The van der Waals surface area contributed by atoms with Gasteiger partial charge in [-0.05, 0) is 37.6 Å². The van der Waals surface area contributed by atoms with Crippen LogP contribution in [0.4, 0.5) is 5.69 Å². The first-order valence-corrected chi connectivity index (χ1v) is 7.90. The van der Waals surface area contributed by atoms with Gasteiger partial charge < -0.3 is 10.2 Å². The predicted molar refractivity (Wildman–Crippen MR) is 87.5 cm³/mol. The minimum atomic E-state index is -0.0459. The number of nitrogens with zero attached hydrogens (tertiary/aromatic N) is 3. The maximum absolute atomic E-state index is 9.19. The summed E-state index contributed by atoms with van der Waals surface area (Å²) in [5, 5.41) is 12.5. The van der Waals surface area contributed by atoms with Gasteiger partial charge in [-0.3, -0.25) is 4.90 Å². The second kappa shape index (κ2) is 8.02. The Morgan fingerprint density at radius 2 is 2.05 bits per heavy atom. The molecule has 4 nitrogen and oxygen atoms in total. The number of benzene rings is 1. The van der Waals surface area contributed by atoms with Crippen molar-refractivity contribution < 1.29 is 0 Å². The zero-order chi connectivity index (χ0) is 15.1. The molecule has 1 N–H and O–H groups in total. The molecule has 2 rings (SSSR count). The van der Waals surface area contributed by atoms with Gasteiger partial charge in [-0.2, -0.15) is 5.26 Å². The highest BCUT2D eigenvalue weighted by Crippen LogP contribution is 2.17. The molecule has 1 fully saturated rings. The Bertz CT molecular complexity index is 472. The fourth-order valence-corrected chi connectivity index (χ4v) is 2.74. The molecule has 1 aliphatic rings. The third-order valence-electron chi connectivity index (χ3n) is 3.98. The lowest BCUT2D eigenvalue weighted by Crippen LogP contribution is -2.50. The second-order valence-corrected chi connectivity index (χ2v) is 5.76. The van der Waals surface area contributed by atoms with Crippen LogP contribution >= 0.6 is 0 Å². The number of nitrogens with one attached hydrogen (secondary N) is 1. The molecule has 0 bridgehead atoms. The molecule has 0 radical (unpaired) electrons. The van der Waals surface area contributed by atoms with Gasteiger partial charge in [0, 0.05) is 38.4 Å². The van der Waals surface area contributed by atoms with Crippen LogP contribution in [0.25, 0.3) is 0 Å². The first-order chi connectivity index (χ1) is 10.2. The van der Waals surface area contributed by atoms with Crippen molar-refractivity contribution in [1.29, 1.82) is 5.26 Å². The van der Waals surface area contributed by atoms with Gasteiger partial charge in [0.2, 0.25) is 0 Å². The largest absolute Gasteiger partial charge is 0.369 e. The molecule has 1 aliphatic heterocycles. The first kappa shape index (κ1) is 15.8. The van der Waals surface area contributed by atoms with Crippen molar-refractivity contribution in [2.45, 2.75) is 26.3 Å². The number of piperazine rings is 1. The summed E-state index contributed by atoms with van der Waals surface area (Å²) in [7, 11) is 0.